The zero-order valence-electron chi connectivity index (χ0n) is 19.1. The molecule has 0 bridgehead atoms. The van der Waals surface area contributed by atoms with E-state index < -0.39 is 6.10 Å². The van der Waals surface area contributed by atoms with E-state index in [4.69, 9.17) is 14.7 Å². The minimum Gasteiger partial charge on any atom is -0.495 e. The third-order valence-electron chi connectivity index (χ3n) is 6.49. The lowest BCUT2D eigenvalue weighted by molar-refractivity contribution is 0.0822. The number of fused-ring (bicyclic) bond motifs is 1. The van der Waals surface area contributed by atoms with Crippen LogP contribution >= 0.6 is 0 Å². The second kappa shape index (κ2) is 10.1. The van der Waals surface area contributed by atoms with E-state index in [2.05, 4.69) is 15.2 Å². The molecule has 0 spiro atoms. The van der Waals surface area contributed by atoms with Gasteiger partial charge >= 0.3 is 0 Å². The van der Waals surface area contributed by atoms with Crippen LogP contribution in [-0.2, 0) is 16.1 Å². The van der Waals surface area contributed by atoms with E-state index in [1.807, 2.05) is 31.1 Å². The summed E-state index contributed by atoms with van der Waals surface area (Å²) in [5, 5.41) is 22.9. The van der Waals surface area contributed by atoms with Crippen molar-refractivity contribution in [2.24, 2.45) is 0 Å². The minimum atomic E-state index is -0.670. The number of aliphatic hydroxyl groups excluding tert-OH is 1. The van der Waals surface area contributed by atoms with Crippen molar-refractivity contribution in [2.75, 3.05) is 26.7 Å². The van der Waals surface area contributed by atoms with Gasteiger partial charge in [0.1, 0.15) is 29.7 Å². The highest BCUT2D eigenvalue weighted by molar-refractivity contribution is 5.93. The van der Waals surface area contributed by atoms with Crippen LogP contribution in [0.25, 0.3) is 5.76 Å². The van der Waals surface area contributed by atoms with Crippen molar-refractivity contribution in [2.45, 2.75) is 38.5 Å². The number of carbonyl (C=O) groups excluding carboxylic acids is 2. The van der Waals surface area contributed by atoms with Gasteiger partial charge in [0.05, 0.1) is 13.2 Å². The van der Waals surface area contributed by atoms with Gasteiger partial charge in [0.25, 0.3) is 5.91 Å². The van der Waals surface area contributed by atoms with Gasteiger partial charge in [-0.05, 0) is 37.0 Å². The molecule has 1 atom stereocenters. The van der Waals surface area contributed by atoms with Crippen LogP contribution in [0.4, 0.5) is 0 Å². The predicted molar refractivity (Wildman–Crippen MR) is 122 cm³/mol. The zero-order chi connectivity index (χ0) is 24.2. The van der Waals surface area contributed by atoms with Crippen LogP contribution in [0.3, 0.4) is 0 Å². The van der Waals surface area contributed by atoms with Gasteiger partial charge in [-0.15, -0.1) is 0 Å². The summed E-state index contributed by atoms with van der Waals surface area (Å²) in [7, 11) is 1.44. The molecule has 2 N–H and O–H groups in total. The first-order valence-corrected chi connectivity index (χ1v) is 11.1. The maximum atomic E-state index is 12.6. The van der Waals surface area contributed by atoms with Crippen molar-refractivity contribution in [3.8, 4) is 11.8 Å². The number of nitrogens with one attached hydrogen (secondary N) is 1. The highest BCUT2D eigenvalue weighted by Gasteiger charge is 2.27. The summed E-state index contributed by atoms with van der Waals surface area (Å²) >= 11 is 0. The van der Waals surface area contributed by atoms with Gasteiger partial charge in [0.2, 0.25) is 5.76 Å². The van der Waals surface area contributed by atoms with E-state index in [0.717, 1.165) is 48.2 Å². The maximum absolute atomic E-state index is 12.6. The average molecular weight is 463 g/mol. The molecular formula is C25H26N4O5. The number of likely N-dealkylation sites (tertiary alicyclic amines) is 1. The molecule has 0 radical (unpaired) electrons. The Morgan fingerprint density at radius 2 is 2.18 bits per heavy atom. The normalized spacial score (nSPS) is 16.7. The molecule has 1 fully saturated rings. The molecule has 2 aliphatic heterocycles. The summed E-state index contributed by atoms with van der Waals surface area (Å²) in [6.07, 6.45) is 2.16. The fourth-order valence-corrected chi connectivity index (χ4v) is 4.52. The summed E-state index contributed by atoms with van der Waals surface area (Å²) in [5.41, 5.74) is 3.90. The molecule has 9 heteroatoms. The third-order valence-corrected chi connectivity index (χ3v) is 6.49. The number of nitriles is 1. The molecule has 9 nitrogen and oxygen atoms in total. The molecule has 2 aromatic rings. The quantitative estimate of drug-likeness (QED) is 0.624. The second-order valence-corrected chi connectivity index (χ2v) is 8.47. The van der Waals surface area contributed by atoms with Gasteiger partial charge in [-0.2, -0.15) is 5.26 Å². The fourth-order valence-electron chi connectivity index (χ4n) is 4.52. The second-order valence-electron chi connectivity index (χ2n) is 8.47. The van der Waals surface area contributed by atoms with E-state index in [-0.39, 0.29) is 29.0 Å². The van der Waals surface area contributed by atoms with E-state index in [9.17, 15) is 14.7 Å². The number of amides is 1. The Morgan fingerprint density at radius 3 is 2.85 bits per heavy atom. The Morgan fingerprint density at radius 1 is 1.41 bits per heavy atom. The van der Waals surface area contributed by atoms with Crippen LogP contribution in [0.2, 0.25) is 0 Å². The van der Waals surface area contributed by atoms with E-state index in [0.29, 0.717) is 18.9 Å². The first kappa shape index (κ1) is 23.5. The number of aromatic nitrogens is 1. The first-order valence-electron chi connectivity index (χ1n) is 11.1. The number of pyridine rings is 1. The van der Waals surface area contributed by atoms with Crippen molar-refractivity contribution in [3.63, 3.8) is 0 Å². The predicted octanol–water partition coefficient (Wildman–Crippen LogP) is 1.90. The van der Waals surface area contributed by atoms with Gasteiger partial charge in [0.15, 0.2) is 5.94 Å². The molecular weight excluding hydrogens is 436 g/mol. The molecule has 1 unspecified atom stereocenters. The number of ether oxygens (including phenoxy) is 2. The van der Waals surface area contributed by atoms with Gasteiger partial charge in [-0.1, -0.05) is 6.07 Å². The molecule has 0 saturated carbocycles. The van der Waals surface area contributed by atoms with E-state index in [1.54, 1.807) is 0 Å². The van der Waals surface area contributed by atoms with Gasteiger partial charge in [0, 0.05) is 49.1 Å². The standard InChI is InChI=1S/C25H26N4O5/c1-15-18(3-4-19-20(15)14-34-24(19)13-30)22(31)12-29-7-5-17(6-8-29)28-25(32)21-9-23(33-2)16(10-26)11-27-21/h3-4,9,11,17,22,31H,5-8,12,14H2,1-2H3,(H,28,32). The average Bonchev–Trinajstić information content (AvgIpc) is 3.29. The van der Waals surface area contributed by atoms with Crippen LogP contribution in [0.5, 0.6) is 5.75 Å². The molecule has 1 saturated heterocycles. The molecule has 1 amide bonds. The largest absolute Gasteiger partial charge is 0.495 e. The van der Waals surface area contributed by atoms with Gasteiger partial charge < -0.3 is 24.8 Å². The number of rotatable bonds is 6. The molecule has 2 aliphatic rings. The Hall–Kier alpha value is -3.70. The lowest BCUT2D eigenvalue weighted by atomic mass is 9.94. The highest BCUT2D eigenvalue weighted by atomic mass is 16.5. The van der Waals surface area contributed by atoms with E-state index >= 15 is 0 Å². The number of aliphatic hydroxyl groups is 1. The maximum Gasteiger partial charge on any atom is 0.270 e. The zero-order valence-corrected chi connectivity index (χ0v) is 19.1. The third kappa shape index (κ3) is 4.66. The van der Waals surface area contributed by atoms with Crippen LogP contribution < -0.4 is 10.1 Å². The van der Waals surface area contributed by atoms with Crippen molar-refractivity contribution >= 4 is 17.6 Å². The summed E-state index contributed by atoms with van der Waals surface area (Å²) in [6.45, 7) is 4.19. The van der Waals surface area contributed by atoms with Crippen molar-refractivity contribution < 1.29 is 24.2 Å². The molecule has 176 valence electrons. The smallest absolute Gasteiger partial charge is 0.270 e. The molecule has 0 aliphatic carbocycles. The fraction of sp³-hybridized carbons (Fsp3) is 0.400. The number of piperidine rings is 1. The highest BCUT2D eigenvalue weighted by Crippen LogP contribution is 2.34. The van der Waals surface area contributed by atoms with Gasteiger partial charge in [-0.3, -0.25) is 4.79 Å². The first-order chi connectivity index (χ1) is 16.4. The summed E-state index contributed by atoms with van der Waals surface area (Å²) in [6, 6.07) is 7.10. The van der Waals surface area contributed by atoms with Crippen LogP contribution in [-0.4, -0.2) is 59.6 Å². The number of β-amino-alcohol motifs (C(OH)–C–C–N with tert-alkyl or cyclic N) is 1. The SMILES string of the molecule is COc1cc(C(=O)NC2CCN(CC(O)c3ccc4c(c3C)COC4=C=O)CC2)ncc1C#N. The molecule has 1 aromatic carbocycles. The Kier molecular flexibility index (Phi) is 6.94. The Labute approximate surface area is 197 Å². The van der Waals surface area contributed by atoms with Crippen LogP contribution in [0.15, 0.2) is 24.4 Å². The lowest BCUT2D eigenvalue weighted by Gasteiger charge is -2.33. The summed E-state index contributed by atoms with van der Waals surface area (Å²) < 4.78 is 10.5. The minimum absolute atomic E-state index is 0.00300. The van der Waals surface area contributed by atoms with E-state index in [1.165, 1.54) is 19.4 Å². The van der Waals surface area contributed by atoms with Crippen LogP contribution in [0, 0.1) is 18.3 Å². The number of hydrogen-bond donors (Lipinski definition) is 2. The molecule has 4 rings (SSSR count). The lowest BCUT2D eigenvalue weighted by Crippen LogP contribution is -2.45. The molecule has 34 heavy (non-hydrogen) atoms. The van der Waals surface area contributed by atoms with Crippen molar-refractivity contribution in [1.82, 2.24) is 15.2 Å². The summed E-state index contributed by atoms with van der Waals surface area (Å²) in [5.74, 6) is 2.05. The number of hydrogen-bond acceptors (Lipinski definition) is 8. The van der Waals surface area contributed by atoms with Crippen molar-refractivity contribution in [3.05, 3.63) is 57.9 Å². The Balaban J connectivity index is 1.32. The van der Waals surface area contributed by atoms with Crippen molar-refractivity contribution in [1.29, 1.82) is 5.26 Å². The molecule has 1 aromatic heterocycles. The Bertz CT molecular complexity index is 1190. The number of carbonyl (C=O) groups is 1. The monoisotopic (exact) mass is 462 g/mol. The molecule has 3 heterocycles. The topological polar surface area (TPSA) is 125 Å². The van der Waals surface area contributed by atoms with Gasteiger partial charge in [-0.25, -0.2) is 9.78 Å². The number of nitrogens with zero attached hydrogens (tertiary/aromatic N) is 3. The van der Waals surface area contributed by atoms with Crippen LogP contribution in [0.1, 0.15) is 57.3 Å². The summed E-state index contributed by atoms with van der Waals surface area (Å²) in [4.78, 5) is 29.8. The number of methoxy groups -OCH3 is 1. The number of benzene rings is 1.